The second-order valence-electron chi connectivity index (χ2n) is 7.49. The second kappa shape index (κ2) is 4.33. The Labute approximate surface area is 135 Å². The van der Waals surface area contributed by atoms with Crippen LogP contribution in [0.3, 0.4) is 0 Å². The van der Waals surface area contributed by atoms with Crippen molar-refractivity contribution in [2.24, 2.45) is 11.8 Å². The summed E-state index contributed by atoms with van der Waals surface area (Å²) in [5, 5.41) is 10.5. The summed E-state index contributed by atoms with van der Waals surface area (Å²) in [7, 11) is 0. The van der Waals surface area contributed by atoms with E-state index in [4.69, 9.17) is 18.9 Å². The largest absolute Gasteiger partial charge is 0.507 e. The van der Waals surface area contributed by atoms with Gasteiger partial charge in [0.2, 0.25) is 11.6 Å². The van der Waals surface area contributed by atoms with Crippen LogP contribution in [0, 0.1) is 11.8 Å². The van der Waals surface area contributed by atoms with Crippen LogP contribution in [0.2, 0.25) is 0 Å². The van der Waals surface area contributed by atoms with Gasteiger partial charge in [-0.1, -0.05) is 0 Å². The molecule has 0 unspecified atom stereocenters. The van der Waals surface area contributed by atoms with Crippen LogP contribution >= 0.6 is 0 Å². The van der Waals surface area contributed by atoms with Crippen LogP contribution in [0.4, 0.5) is 0 Å². The SMILES string of the molecule is C[C@]12OCC[C@H]1Cc1c(cc(O)c3c1O[C@@]1(C)OCC[C@H]1C3)O2. The average molecular weight is 318 g/mol. The van der Waals surface area contributed by atoms with Gasteiger partial charge in [-0.15, -0.1) is 0 Å². The Morgan fingerprint density at radius 1 is 0.957 bits per heavy atom. The quantitative estimate of drug-likeness (QED) is 0.797. The molecule has 1 N–H and O–H groups in total. The molecule has 0 spiro atoms. The molecule has 2 fully saturated rings. The van der Waals surface area contributed by atoms with E-state index in [-0.39, 0.29) is 5.75 Å². The zero-order chi connectivity index (χ0) is 15.8. The first-order chi connectivity index (χ1) is 11.0. The van der Waals surface area contributed by atoms with Gasteiger partial charge < -0.3 is 24.1 Å². The van der Waals surface area contributed by atoms with Gasteiger partial charge in [0.15, 0.2) is 0 Å². The number of phenolic OH excluding ortho intramolecular Hbond substituents is 1. The molecule has 5 heteroatoms. The van der Waals surface area contributed by atoms with Crippen molar-refractivity contribution in [2.75, 3.05) is 13.2 Å². The molecule has 1 aromatic carbocycles. The summed E-state index contributed by atoms with van der Waals surface area (Å²) in [6, 6.07) is 1.74. The molecule has 4 atom stereocenters. The molecule has 4 aliphatic heterocycles. The lowest BCUT2D eigenvalue weighted by atomic mass is 9.82. The van der Waals surface area contributed by atoms with Crippen molar-refractivity contribution in [1.29, 1.82) is 0 Å². The summed E-state index contributed by atoms with van der Waals surface area (Å²) < 4.78 is 24.1. The number of fused-ring (bicyclic) bond motifs is 5. The van der Waals surface area contributed by atoms with Crippen LogP contribution in [0.25, 0.3) is 0 Å². The van der Waals surface area contributed by atoms with Gasteiger partial charge in [0.1, 0.15) is 17.2 Å². The normalized spacial score (nSPS) is 40.4. The summed E-state index contributed by atoms with van der Waals surface area (Å²) in [6.45, 7) is 5.43. The van der Waals surface area contributed by atoms with Gasteiger partial charge in [0, 0.05) is 42.9 Å². The highest BCUT2D eigenvalue weighted by Crippen LogP contribution is 2.54. The molecule has 0 aliphatic carbocycles. The molecule has 0 radical (unpaired) electrons. The lowest BCUT2D eigenvalue weighted by Gasteiger charge is -2.41. The molecule has 23 heavy (non-hydrogen) atoms. The number of benzene rings is 1. The predicted octanol–water partition coefficient (Wildman–Crippen LogP) is 2.77. The van der Waals surface area contributed by atoms with Crippen molar-refractivity contribution in [3.8, 4) is 17.2 Å². The van der Waals surface area contributed by atoms with Gasteiger partial charge in [-0.2, -0.15) is 0 Å². The van der Waals surface area contributed by atoms with E-state index in [1.54, 1.807) is 6.07 Å². The third-order valence-electron chi connectivity index (χ3n) is 6.13. The van der Waals surface area contributed by atoms with Gasteiger partial charge >= 0.3 is 0 Å². The zero-order valence-corrected chi connectivity index (χ0v) is 13.6. The Morgan fingerprint density at radius 2 is 1.57 bits per heavy atom. The second-order valence-corrected chi connectivity index (χ2v) is 7.49. The van der Waals surface area contributed by atoms with Crippen LogP contribution < -0.4 is 9.47 Å². The van der Waals surface area contributed by atoms with Crippen LogP contribution in [0.15, 0.2) is 6.07 Å². The minimum absolute atomic E-state index is 0.257. The molecule has 124 valence electrons. The minimum Gasteiger partial charge on any atom is -0.507 e. The van der Waals surface area contributed by atoms with Gasteiger partial charge in [0.25, 0.3) is 0 Å². The van der Waals surface area contributed by atoms with Crippen LogP contribution in [-0.2, 0) is 22.3 Å². The van der Waals surface area contributed by atoms with Gasteiger partial charge in [-0.05, 0) is 25.7 Å². The molecule has 0 amide bonds. The first kappa shape index (κ1) is 13.9. The highest BCUT2D eigenvalue weighted by Gasteiger charge is 2.51. The molecule has 0 bridgehead atoms. The fourth-order valence-corrected chi connectivity index (χ4v) is 4.60. The molecule has 5 rings (SSSR count). The van der Waals surface area contributed by atoms with Crippen LogP contribution in [-0.4, -0.2) is 29.9 Å². The van der Waals surface area contributed by atoms with Crippen molar-refractivity contribution < 1.29 is 24.1 Å². The Bertz CT molecular complexity index is 686. The number of rotatable bonds is 0. The maximum absolute atomic E-state index is 10.5. The third-order valence-corrected chi connectivity index (χ3v) is 6.13. The first-order valence-electron chi connectivity index (χ1n) is 8.52. The summed E-state index contributed by atoms with van der Waals surface area (Å²) in [6.07, 6.45) is 3.61. The van der Waals surface area contributed by atoms with E-state index in [0.717, 1.165) is 42.6 Å². The standard InChI is InChI=1S/C18H22O5/c1-17-11(4-5-20-17)8-13-15(22-17)9-14(19)12-7-10-3-6-21-18(10,2)23-16(12)13/h9-11,19H,3-8H2,1-2H3/t10-,11-,17+,18+/m0/s1. The number of aromatic hydroxyl groups is 1. The highest BCUT2D eigenvalue weighted by atomic mass is 16.7. The van der Waals surface area contributed by atoms with E-state index in [0.29, 0.717) is 30.8 Å². The number of hydrogen-bond donors (Lipinski definition) is 1. The van der Waals surface area contributed by atoms with Crippen molar-refractivity contribution in [2.45, 2.75) is 51.1 Å². The van der Waals surface area contributed by atoms with Crippen molar-refractivity contribution in [1.82, 2.24) is 0 Å². The van der Waals surface area contributed by atoms with E-state index in [1.165, 1.54) is 0 Å². The van der Waals surface area contributed by atoms with Crippen molar-refractivity contribution in [3.05, 3.63) is 17.2 Å². The van der Waals surface area contributed by atoms with Crippen LogP contribution in [0.5, 0.6) is 17.2 Å². The maximum atomic E-state index is 10.5. The molecule has 0 aromatic heterocycles. The topological polar surface area (TPSA) is 57.2 Å². The summed E-state index contributed by atoms with van der Waals surface area (Å²) in [5.41, 5.74) is 1.96. The molecule has 5 nitrogen and oxygen atoms in total. The molecule has 0 saturated carbocycles. The number of ether oxygens (including phenoxy) is 4. The van der Waals surface area contributed by atoms with E-state index in [2.05, 4.69) is 0 Å². The molecule has 4 aliphatic rings. The van der Waals surface area contributed by atoms with Gasteiger partial charge in [-0.3, -0.25) is 0 Å². The van der Waals surface area contributed by atoms with Crippen molar-refractivity contribution >= 4 is 0 Å². The lowest BCUT2D eigenvalue weighted by Crippen LogP contribution is -2.45. The summed E-state index contributed by atoms with van der Waals surface area (Å²) in [5.74, 6) is 1.16. The van der Waals surface area contributed by atoms with Gasteiger partial charge in [0.05, 0.1) is 13.2 Å². The van der Waals surface area contributed by atoms with Gasteiger partial charge in [-0.25, -0.2) is 0 Å². The molecule has 4 heterocycles. The fourth-order valence-electron chi connectivity index (χ4n) is 4.60. The molecular weight excluding hydrogens is 296 g/mol. The summed E-state index contributed by atoms with van der Waals surface area (Å²) in [4.78, 5) is 0. The fraction of sp³-hybridized carbons (Fsp3) is 0.667. The lowest BCUT2D eigenvalue weighted by molar-refractivity contribution is -0.173. The number of hydrogen-bond acceptors (Lipinski definition) is 5. The van der Waals surface area contributed by atoms with Crippen molar-refractivity contribution in [3.63, 3.8) is 0 Å². The molecule has 2 saturated heterocycles. The minimum atomic E-state index is -0.585. The first-order valence-corrected chi connectivity index (χ1v) is 8.52. The Hall–Kier alpha value is -1.46. The highest BCUT2D eigenvalue weighted by molar-refractivity contribution is 5.59. The van der Waals surface area contributed by atoms with E-state index in [1.807, 2.05) is 13.8 Å². The third kappa shape index (κ3) is 1.81. The Balaban J connectivity index is 1.63. The van der Waals surface area contributed by atoms with E-state index < -0.39 is 11.6 Å². The monoisotopic (exact) mass is 318 g/mol. The smallest absolute Gasteiger partial charge is 0.210 e. The summed E-state index contributed by atoms with van der Waals surface area (Å²) >= 11 is 0. The van der Waals surface area contributed by atoms with E-state index in [9.17, 15) is 5.11 Å². The molecule has 1 aromatic rings. The Morgan fingerprint density at radius 3 is 2.26 bits per heavy atom. The molecular formula is C18H22O5. The Kier molecular flexibility index (Phi) is 2.63. The zero-order valence-electron chi connectivity index (χ0n) is 13.6. The van der Waals surface area contributed by atoms with E-state index >= 15 is 0 Å². The average Bonchev–Trinajstić information content (AvgIpc) is 3.05. The predicted molar refractivity (Wildman–Crippen MR) is 81.7 cm³/mol. The maximum Gasteiger partial charge on any atom is 0.210 e. The number of phenols is 1. The van der Waals surface area contributed by atoms with Crippen LogP contribution in [0.1, 0.15) is 37.8 Å².